The zero-order valence-electron chi connectivity index (χ0n) is 17.4. The molecule has 4 rings (SSSR count). The second-order valence-electron chi connectivity index (χ2n) is 7.43. The number of carboxylic acid groups (broad SMARTS) is 1. The molecule has 3 heterocycles. The Morgan fingerprint density at radius 3 is 2.61 bits per heavy atom. The predicted octanol–water partition coefficient (Wildman–Crippen LogP) is 0.756. The number of amides is 1. The maximum atomic E-state index is 12.7. The number of aliphatic carboxylic acids is 1. The Morgan fingerprint density at radius 2 is 1.91 bits per heavy atom. The molecule has 0 aliphatic carbocycles. The number of rotatable bonds is 9. The smallest absolute Gasteiger partial charge is 0.303 e. The first-order chi connectivity index (χ1) is 15.9. The molecule has 3 aromatic heterocycles. The van der Waals surface area contributed by atoms with Crippen LogP contribution in [0.15, 0.2) is 30.5 Å². The second kappa shape index (κ2) is 9.30. The molecule has 0 fully saturated rings. The van der Waals surface area contributed by atoms with Crippen molar-refractivity contribution >= 4 is 34.7 Å². The van der Waals surface area contributed by atoms with Crippen LogP contribution in [0.3, 0.4) is 0 Å². The number of nitrogen functional groups attached to an aromatic ring is 2. The van der Waals surface area contributed by atoms with E-state index in [2.05, 4.69) is 40.9 Å². The van der Waals surface area contributed by atoms with E-state index in [-0.39, 0.29) is 30.5 Å². The SMILES string of the molecule is Nc1nc(N)c2c(CCc3ccc(C(=O)N[C@@H](CCC(=O)O)c4nn[nH]n4)cc3)c[nH]c2n1. The van der Waals surface area contributed by atoms with Crippen molar-refractivity contribution < 1.29 is 14.7 Å². The Labute approximate surface area is 187 Å². The number of carbonyl (C=O) groups is 2. The zero-order chi connectivity index (χ0) is 23.4. The van der Waals surface area contributed by atoms with Gasteiger partial charge in [-0.05, 0) is 42.5 Å². The van der Waals surface area contributed by atoms with E-state index in [0.29, 0.717) is 29.9 Å². The lowest BCUT2D eigenvalue weighted by Crippen LogP contribution is -2.30. The number of fused-ring (bicyclic) bond motifs is 1. The van der Waals surface area contributed by atoms with Crippen LogP contribution in [0.25, 0.3) is 11.0 Å². The lowest BCUT2D eigenvalue weighted by Gasteiger charge is -2.14. The Balaban J connectivity index is 1.40. The Morgan fingerprint density at radius 1 is 1.12 bits per heavy atom. The van der Waals surface area contributed by atoms with Crippen molar-refractivity contribution in [1.29, 1.82) is 0 Å². The van der Waals surface area contributed by atoms with Gasteiger partial charge >= 0.3 is 5.97 Å². The molecule has 0 unspecified atom stereocenters. The van der Waals surface area contributed by atoms with Crippen LogP contribution in [0.2, 0.25) is 0 Å². The van der Waals surface area contributed by atoms with Gasteiger partial charge in [-0.1, -0.05) is 17.3 Å². The van der Waals surface area contributed by atoms with E-state index >= 15 is 0 Å². The van der Waals surface area contributed by atoms with Gasteiger partial charge in [0.05, 0.1) is 11.4 Å². The van der Waals surface area contributed by atoms with Crippen molar-refractivity contribution in [3.05, 3.63) is 53.0 Å². The quantitative estimate of drug-likeness (QED) is 0.210. The molecule has 8 N–H and O–H groups in total. The van der Waals surface area contributed by atoms with Crippen LogP contribution in [0.1, 0.15) is 46.2 Å². The average Bonchev–Trinajstić information content (AvgIpc) is 3.45. The van der Waals surface area contributed by atoms with E-state index in [1.54, 1.807) is 12.1 Å². The molecular weight excluding hydrogens is 428 g/mol. The van der Waals surface area contributed by atoms with E-state index in [9.17, 15) is 9.59 Å². The molecule has 33 heavy (non-hydrogen) atoms. The van der Waals surface area contributed by atoms with Crippen molar-refractivity contribution in [2.45, 2.75) is 31.7 Å². The normalized spacial score (nSPS) is 12.0. The van der Waals surface area contributed by atoms with Gasteiger partial charge in [-0.15, -0.1) is 10.2 Å². The summed E-state index contributed by atoms with van der Waals surface area (Å²) in [5.74, 6) is -0.661. The predicted molar refractivity (Wildman–Crippen MR) is 118 cm³/mol. The maximum Gasteiger partial charge on any atom is 0.303 e. The van der Waals surface area contributed by atoms with Gasteiger partial charge in [-0.25, -0.2) is 0 Å². The van der Waals surface area contributed by atoms with E-state index in [1.807, 2.05) is 18.3 Å². The molecule has 0 radical (unpaired) electrons. The largest absolute Gasteiger partial charge is 0.481 e. The molecule has 0 bridgehead atoms. The number of nitrogens with two attached hydrogens (primary N) is 2. The third-order valence-electron chi connectivity index (χ3n) is 5.18. The van der Waals surface area contributed by atoms with E-state index in [0.717, 1.165) is 16.5 Å². The number of aromatic nitrogens is 7. The molecule has 13 heteroatoms. The molecule has 1 amide bonds. The summed E-state index contributed by atoms with van der Waals surface area (Å²) in [7, 11) is 0. The number of benzene rings is 1. The fourth-order valence-electron chi connectivity index (χ4n) is 3.54. The molecule has 0 aliphatic heterocycles. The van der Waals surface area contributed by atoms with Crippen LogP contribution >= 0.6 is 0 Å². The molecular formula is C20H22N10O3. The minimum atomic E-state index is -0.978. The van der Waals surface area contributed by atoms with Crippen LogP contribution in [-0.2, 0) is 17.6 Å². The summed E-state index contributed by atoms with van der Waals surface area (Å²) in [5, 5.41) is 26.0. The van der Waals surface area contributed by atoms with Gasteiger partial charge in [-0.3, -0.25) is 9.59 Å². The van der Waals surface area contributed by atoms with Gasteiger partial charge in [-0.2, -0.15) is 15.2 Å². The molecule has 1 atom stereocenters. The minimum absolute atomic E-state index is 0.117. The second-order valence-corrected chi connectivity index (χ2v) is 7.43. The van der Waals surface area contributed by atoms with Crippen LogP contribution in [0.4, 0.5) is 11.8 Å². The number of tetrazole rings is 1. The molecule has 13 nitrogen and oxygen atoms in total. The van der Waals surface area contributed by atoms with E-state index < -0.39 is 12.0 Å². The zero-order valence-corrected chi connectivity index (χ0v) is 17.4. The Hall–Kier alpha value is -4.55. The summed E-state index contributed by atoms with van der Waals surface area (Å²) in [6, 6.07) is 6.48. The highest BCUT2D eigenvalue weighted by Gasteiger charge is 2.21. The van der Waals surface area contributed by atoms with Crippen LogP contribution < -0.4 is 16.8 Å². The maximum absolute atomic E-state index is 12.7. The van der Waals surface area contributed by atoms with Crippen molar-refractivity contribution in [3.8, 4) is 0 Å². The number of hydrogen-bond acceptors (Lipinski definition) is 9. The van der Waals surface area contributed by atoms with Crippen molar-refractivity contribution in [1.82, 2.24) is 40.9 Å². The highest BCUT2D eigenvalue weighted by molar-refractivity contribution is 5.94. The standard InChI is InChI=1S/C20H22N10O3/c21-16-15-12(9-23-18(15)26-20(22)25-16)6-3-10-1-4-11(5-2-10)19(33)24-13(7-8-14(31)32)17-27-29-30-28-17/h1-2,4-5,9,13H,3,6-8H2,(H,24,33)(H,31,32)(H,27,28,29,30)(H5,21,22,23,25,26)/t13-/m0/s1. The van der Waals surface area contributed by atoms with Gasteiger partial charge in [0.1, 0.15) is 11.5 Å². The molecule has 0 saturated carbocycles. The number of carbonyl (C=O) groups excluding carboxylic acids is 1. The number of H-pyrrole nitrogens is 2. The topological polar surface area (TPSA) is 214 Å². The lowest BCUT2D eigenvalue weighted by molar-refractivity contribution is -0.137. The summed E-state index contributed by atoms with van der Waals surface area (Å²) in [6.45, 7) is 0. The van der Waals surface area contributed by atoms with Gasteiger partial charge in [0, 0.05) is 18.2 Å². The summed E-state index contributed by atoms with van der Waals surface area (Å²) in [6.07, 6.45) is 3.24. The third-order valence-corrected chi connectivity index (χ3v) is 5.18. The fourth-order valence-corrected chi connectivity index (χ4v) is 3.54. The minimum Gasteiger partial charge on any atom is -0.481 e. The first kappa shape index (κ1) is 21.7. The number of nitrogens with one attached hydrogen (secondary N) is 3. The van der Waals surface area contributed by atoms with Crippen molar-refractivity contribution in [3.63, 3.8) is 0 Å². The number of carboxylic acids is 1. The molecule has 0 aliphatic rings. The summed E-state index contributed by atoms with van der Waals surface area (Å²) in [4.78, 5) is 34.8. The molecule has 170 valence electrons. The number of hydrogen-bond donors (Lipinski definition) is 6. The highest BCUT2D eigenvalue weighted by Crippen LogP contribution is 2.24. The number of anilines is 2. The number of aromatic amines is 2. The summed E-state index contributed by atoms with van der Waals surface area (Å²) < 4.78 is 0. The summed E-state index contributed by atoms with van der Waals surface area (Å²) >= 11 is 0. The van der Waals surface area contributed by atoms with Gasteiger partial charge in [0.2, 0.25) is 5.95 Å². The fraction of sp³-hybridized carbons (Fsp3) is 0.250. The average molecular weight is 450 g/mol. The van der Waals surface area contributed by atoms with Gasteiger partial charge in [0.15, 0.2) is 5.82 Å². The molecule has 4 aromatic rings. The monoisotopic (exact) mass is 450 g/mol. The molecule has 1 aromatic carbocycles. The van der Waals surface area contributed by atoms with Crippen LogP contribution in [0.5, 0.6) is 0 Å². The molecule has 0 saturated heterocycles. The number of nitrogens with zero attached hydrogens (tertiary/aromatic N) is 5. The van der Waals surface area contributed by atoms with Crippen LogP contribution in [-0.4, -0.2) is 52.6 Å². The first-order valence-corrected chi connectivity index (χ1v) is 10.1. The van der Waals surface area contributed by atoms with E-state index in [1.165, 1.54) is 0 Å². The van der Waals surface area contributed by atoms with E-state index in [4.69, 9.17) is 16.6 Å². The third kappa shape index (κ3) is 5.03. The first-order valence-electron chi connectivity index (χ1n) is 10.1. The van der Waals surface area contributed by atoms with Gasteiger partial charge < -0.3 is 26.9 Å². The molecule has 0 spiro atoms. The summed E-state index contributed by atoms with van der Waals surface area (Å²) in [5.41, 5.74) is 14.7. The van der Waals surface area contributed by atoms with Crippen molar-refractivity contribution in [2.24, 2.45) is 0 Å². The van der Waals surface area contributed by atoms with Crippen molar-refractivity contribution in [2.75, 3.05) is 11.5 Å². The van der Waals surface area contributed by atoms with Gasteiger partial charge in [0.25, 0.3) is 5.91 Å². The lowest BCUT2D eigenvalue weighted by atomic mass is 10.0. The Bertz CT molecular complexity index is 1270. The highest BCUT2D eigenvalue weighted by atomic mass is 16.4. The number of aryl methyl sites for hydroxylation is 2. The van der Waals surface area contributed by atoms with Crippen LogP contribution in [0, 0.1) is 0 Å². The Kier molecular flexibility index (Phi) is 6.11.